The molecule has 0 aliphatic carbocycles. The van der Waals surface area contributed by atoms with Gasteiger partial charge in [0.05, 0.1) is 31.0 Å². The number of nitrogens with zero attached hydrogens (tertiary/aromatic N) is 2. The predicted octanol–water partition coefficient (Wildman–Crippen LogP) is 2.81. The Labute approximate surface area is 211 Å². The molecule has 1 aromatic carbocycles. The maximum absolute atomic E-state index is 12.7. The van der Waals surface area contributed by atoms with E-state index in [0.29, 0.717) is 45.5 Å². The molecule has 3 aromatic rings. The van der Waals surface area contributed by atoms with Crippen LogP contribution < -0.4 is 15.4 Å². The molecule has 0 spiro atoms. The van der Waals surface area contributed by atoms with Crippen LogP contribution in [-0.2, 0) is 20.9 Å². The number of aliphatic hydroxyl groups excluding tert-OH is 1. The summed E-state index contributed by atoms with van der Waals surface area (Å²) in [5.41, 5.74) is 1.99. The first-order valence-corrected chi connectivity index (χ1v) is 12.1. The highest BCUT2D eigenvalue weighted by atomic mass is 35.5. The number of rotatable bonds is 5. The lowest BCUT2D eigenvalue weighted by molar-refractivity contribution is -0.138. The molecule has 9 nitrogen and oxygen atoms in total. The average molecular weight is 519 g/mol. The summed E-state index contributed by atoms with van der Waals surface area (Å²) < 4.78 is 13.3. The highest BCUT2D eigenvalue weighted by Gasteiger charge is 2.34. The van der Waals surface area contributed by atoms with Crippen LogP contribution in [0.15, 0.2) is 42.7 Å². The van der Waals surface area contributed by atoms with Crippen LogP contribution in [-0.4, -0.2) is 51.2 Å². The van der Waals surface area contributed by atoms with Crippen LogP contribution in [0.2, 0.25) is 10.0 Å². The van der Waals surface area contributed by atoms with Crippen molar-refractivity contribution in [2.45, 2.75) is 50.2 Å². The van der Waals surface area contributed by atoms with Crippen LogP contribution in [0, 0.1) is 0 Å². The van der Waals surface area contributed by atoms with Crippen molar-refractivity contribution in [3.05, 3.63) is 64.0 Å². The molecule has 0 saturated carbocycles. The molecule has 1 fully saturated rings. The van der Waals surface area contributed by atoms with Crippen molar-refractivity contribution in [3.8, 4) is 5.75 Å². The van der Waals surface area contributed by atoms with Crippen molar-refractivity contribution >= 4 is 40.7 Å². The van der Waals surface area contributed by atoms with Crippen LogP contribution in [0.5, 0.6) is 5.75 Å². The summed E-state index contributed by atoms with van der Waals surface area (Å²) in [5, 5.41) is 17.2. The quantitative estimate of drug-likeness (QED) is 0.478. The Morgan fingerprint density at radius 1 is 1.11 bits per heavy atom. The van der Waals surface area contributed by atoms with Crippen LogP contribution >= 0.6 is 23.2 Å². The van der Waals surface area contributed by atoms with Crippen LogP contribution in [0.25, 0.3) is 5.65 Å². The molecule has 2 aromatic heterocycles. The monoisotopic (exact) mass is 518 g/mol. The van der Waals surface area contributed by atoms with Crippen molar-refractivity contribution < 1.29 is 24.2 Å². The Bertz CT molecular complexity index is 1260. The van der Waals surface area contributed by atoms with Crippen molar-refractivity contribution in [1.29, 1.82) is 0 Å². The van der Waals surface area contributed by atoms with E-state index in [-0.39, 0.29) is 37.4 Å². The second kappa shape index (κ2) is 10.0. The molecule has 3 N–H and O–H groups in total. The summed E-state index contributed by atoms with van der Waals surface area (Å²) in [6, 6.07) is 8.20. The van der Waals surface area contributed by atoms with Gasteiger partial charge in [0.15, 0.2) is 6.10 Å². The van der Waals surface area contributed by atoms with Gasteiger partial charge < -0.3 is 29.6 Å². The molecular weight excluding hydrogens is 495 g/mol. The maximum Gasteiger partial charge on any atom is 0.261 e. The molecule has 2 aliphatic rings. The Balaban J connectivity index is 1.09. The molecule has 2 amide bonds. The number of pyridine rings is 1. The van der Waals surface area contributed by atoms with Gasteiger partial charge in [0, 0.05) is 34.4 Å². The number of hydrogen-bond donors (Lipinski definition) is 3. The fraction of sp³-hybridized carbons (Fsp3) is 0.375. The lowest BCUT2D eigenvalue weighted by atomic mass is 9.98. The zero-order valence-corrected chi connectivity index (χ0v) is 20.1. The largest absolute Gasteiger partial charge is 0.480 e. The van der Waals surface area contributed by atoms with Crippen molar-refractivity contribution in [3.63, 3.8) is 0 Å². The fourth-order valence-electron chi connectivity index (χ4n) is 4.33. The van der Waals surface area contributed by atoms with E-state index in [1.807, 2.05) is 16.8 Å². The molecule has 0 bridgehead atoms. The third-order valence-electron chi connectivity index (χ3n) is 6.16. The van der Waals surface area contributed by atoms with Gasteiger partial charge in [-0.1, -0.05) is 23.2 Å². The van der Waals surface area contributed by atoms with Crippen LogP contribution in [0.3, 0.4) is 0 Å². The number of aromatic nitrogens is 2. The van der Waals surface area contributed by atoms with Gasteiger partial charge in [-0.15, -0.1) is 0 Å². The van der Waals surface area contributed by atoms with E-state index in [9.17, 15) is 14.7 Å². The standard InChI is InChI=1S/C24H24Cl2N4O5/c25-13-1-3-19-17(7-13)18(31)9-21(35-19)24(33)29-15-2-4-20(34-12-15)23(32)27-10-16-11-30-6-5-14(26)8-22(30)28-16/h1,3,5-8,11,15,18,20-21,31H,2,4,9-10,12H2,(H,27,32)(H,29,33)/t15-,18-,20+,21-/m1/s1. The smallest absolute Gasteiger partial charge is 0.261 e. The molecule has 2 aliphatic heterocycles. The topological polar surface area (TPSA) is 114 Å². The minimum absolute atomic E-state index is 0.132. The van der Waals surface area contributed by atoms with Gasteiger partial charge >= 0.3 is 0 Å². The number of aliphatic hydroxyl groups is 1. The molecule has 11 heteroatoms. The number of benzene rings is 1. The highest BCUT2D eigenvalue weighted by molar-refractivity contribution is 6.31. The van der Waals surface area contributed by atoms with Gasteiger partial charge in [0.1, 0.15) is 17.5 Å². The van der Waals surface area contributed by atoms with Crippen molar-refractivity contribution in [1.82, 2.24) is 20.0 Å². The van der Waals surface area contributed by atoms with E-state index in [1.54, 1.807) is 30.3 Å². The van der Waals surface area contributed by atoms with Gasteiger partial charge in [0.2, 0.25) is 5.91 Å². The second-order valence-electron chi connectivity index (χ2n) is 8.71. The first-order valence-electron chi connectivity index (χ1n) is 11.3. The summed E-state index contributed by atoms with van der Waals surface area (Å²) in [4.78, 5) is 29.7. The average Bonchev–Trinajstić information content (AvgIpc) is 3.25. The summed E-state index contributed by atoms with van der Waals surface area (Å²) in [6.07, 6.45) is 2.56. The summed E-state index contributed by atoms with van der Waals surface area (Å²) in [7, 11) is 0. The second-order valence-corrected chi connectivity index (χ2v) is 9.58. The Morgan fingerprint density at radius 3 is 2.74 bits per heavy atom. The number of nitrogens with one attached hydrogen (secondary N) is 2. The zero-order chi connectivity index (χ0) is 24.5. The summed E-state index contributed by atoms with van der Waals surface area (Å²) >= 11 is 12.0. The Kier molecular flexibility index (Phi) is 6.84. The van der Waals surface area contributed by atoms with E-state index < -0.39 is 18.3 Å². The minimum Gasteiger partial charge on any atom is -0.480 e. The third-order valence-corrected chi connectivity index (χ3v) is 6.63. The van der Waals surface area contributed by atoms with Gasteiger partial charge in [-0.3, -0.25) is 9.59 Å². The number of hydrogen-bond acceptors (Lipinski definition) is 6. The minimum atomic E-state index is -0.839. The Morgan fingerprint density at radius 2 is 1.94 bits per heavy atom. The SMILES string of the molecule is O=C(NCc1cn2ccc(Cl)cc2n1)[C@@H]1CC[C@@H](NC(=O)[C@H]2C[C@@H](O)c3cc(Cl)ccc3O2)CO1. The van der Waals surface area contributed by atoms with Gasteiger partial charge in [0.25, 0.3) is 5.91 Å². The van der Waals surface area contributed by atoms with E-state index in [0.717, 1.165) is 0 Å². The van der Waals surface area contributed by atoms with E-state index >= 15 is 0 Å². The van der Waals surface area contributed by atoms with Gasteiger partial charge in [-0.2, -0.15) is 0 Å². The molecule has 5 rings (SSSR count). The number of fused-ring (bicyclic) bond motifs is 2. The van der Waals surface area contributed by atoms with Gasteiger partial charge in [-0.25, -0.2) is 4.98 Å². The molecule has 1 saturated heterocycles. The van der Waals surface area contributed by atoms with Crippen molar-refractivity contribution in [2.75, 3.05) is 6.61 Å². The fourth-order valence-corrected chi connectivity index (χ4v) is 4.67. The zero-order valence-electron chi connectivity index (χ0n) is 18.6. The van der Waals surface area contributed by atoms with Crippen molar-refractivity contribution in [2.24, 2.45) is 0 Å². The summed E-state index contributed by atoms with van der Waals surface area (Å²) in [6.45, 7) is 0.477. The first kappa shape index (κ1) is 23.9. The molecular formula is C24H24Cl2N4O5. The number of amides is 2. The molecule has 4 heterocycles. The molecule has 35 heavy (non-hydrogen) atoms. The van der Waals surface area contributed by atoms with Crippen LogP contribution in [0.1, 0.15) is 36.6 Å². The number of carbonyl (C=O) groups is 2. The molecule has 0 unspecified atom stereocenters. The predicted molar refractivity (Wildman–Crippen MR) is 128 cm³/mol. The summed E-state index contributed by atoms with van der Waals surface area (Å²) in [5.74, 6) is -0.106. The van der Waals surface area contributed by atoms with E-state index in [4.69, 9.17) is 32.7 Å². The van der Waals surface area contributed by atoms with E-state index in [1.165, 1.54) is 0 Å². The van der Waals surface area contributed by atoms with E-state index in [2.05, 4.69) is 15.6 Å². The molecule has 4 atom stereocenters. The third kappa shape index (κ3) is 5.38. The Hall–Kier alpha value is -2.85. The maximum atomic E-state index is 12.7. The number of halogens is 2. The lowest BCUT2D eigenvalue weighted by Crippen LogP contribution is -2.51. The number of carbonyl (C=O) groups excluding carboxylic acids is 2. The highest BCUT2D eigenvalue weighted by Crippen LogP contribution is 2.36. The number of imidazole rings is 1. The lowest BCUT2D eigenvalue weighted by Gasteiger charge is -2.32. The normalized spacial score (nSPS) is 23.9. The molecule has 0 radical (unpaired) electrons. The molecule has 184 valence electrons. The van der Waals surface area contributed by atoms with Gasteiger partial charge in [-0.05, 0) is 43.2 Å². The number of ether oxygens (including phenoxy) is 2. The van der Waals surface area contributed by atoms with Crippen LogP contribution in [0.4, 0.5) is 0 Å². The first-order chi connectivity index (χ1) is 16.9.